The number of aromatic nitrogens is 2. The molecule has 0 saturated carbocycles. The van der Waals surface area contributed by atoms with Crippen LogP contribution < -0.4 is 10.3 Å². The second kappa shape index (κ2) is 7.09. The molecule has 0 bridgehead atoms. The number of benzene rings is 1. The molecule has 2 rings (SSSR count). The first-order valence-corrected chi connectivity index (χ1v) is 7.38. The van der Waals surface area contributed by atoms with Crippen LogP contribution in [0.4, 0.5) is 0 Å². The summed E-state index contributed by atoms with van der Waals surface area (Å²) in [5.74, 6) is 0.549. The van der Waals surface area contributed by atoms with Crippen LogP contribution in [0.5, 0.6) is 5.75 Å². The second-order valence-electron chi connectivity index (χ2n) is 5.58. The molecule has 0 radical (unpaired) electrons. The average molecular weight is 315 g/mol. The molecule has 0 saturated heterocycles. The molecule has 1 heterocycles. The van der Waals surface area contributed by atoms with Crippen molar-refractivity contribution in [2.45, 2.75) is 13.8 Å². The molecule has 0 aliphatic heterocycles. The van der Waals surface area contributed by atoms with Gasteiger partial charge in [0.05, 0.1) is 6.54 Å². The van der Waals surface area contributed by atoms with Gasteiger partial charge in [0, 0.05) is 20.2 Å². The average Bonchev–Trinajstić information content (AvgIpc) is 2.48. The molecule has 0 atom stereocenters. The molecule has 1 aromatic carbocycles. The topological polar surface area (TPSA) is 64.4 Å². The molecule has 0 spiro atoms. The van der Waals surface area contributed by atoms with E-state index < -0.39 is 0 Å². The van der Waals surface area contributed by atoms with Crippen LogP contribution in [-0.2, 0) is 7.05 Å². The molecule has 1 amide bonds. The number of aryl methyl sites for hydroxylation is 3. The van der Waals surface area contributed by atoms with E-state index in [2.05, 4.69) is 11.2 Å². The standard InChI is InChI=1S/C17H21N3O3/c1-12-9-13(2)11-14(10-12)23-8-7-19(3)17(22)15-5-6-16(21)20(4)18-15/h5-6,9-11H,7-8H2,1-4H3. The van der Waals surface area contributed by atoms with Crippen LogP contribution in [0, 0.1) is 13.8 Å². The summed E-state index contributed by atoms with van der Waals surface area (Å²) in [6.07, 6.45) is 0. The van der Waals surface area contributed by atoms with Gasteiger partial charge >= 0.3 is 0 Å². The first-order valence-electron chi connectivity index (χ1n) is 7.38. The highest BCUT2D eigenvalue weighted by atomic mass is 16.5. The van der Waals surface area contributed by atoms with E-state index in [-0.39, 0.29) is 17.2 Å². The van der Waals surface area contributed by atoms with Gasteiger partial charge < -0.3 is 9.64 Å². The monoisotopic (exact) mass is 315 g/mol. The van der Waals surface area contributed by atoms with E-state index in [0.29, 0.717) is 13.2 Å². The highest BCUT2D eigenvalue weighted by Crippen LogP contribution is 2.16. The van der Waals surface area contributed by atoms with Crippen molar-refractivity contribution in [2.75, 3.05) is 20.2 Å². The highest BCUT2D eigenvalue weighted by Gasteiger charge is 2.14. The van der Waals surface area contributed by atoms with Crippen LogP contribution in [0.1, 0.15) is 21.6 Å². The smallest absolute Gasteiger partial charge is 0.274 e. The number of carbonyl (C=O) groups excluding carboxylic acids is 1. The van der Waals surface area contributed by atoms with E-state index in [1.807, 2.05) is 26.0 Å². The normalized spacial score (nSPS) is 10.4. The molecular weight excluding hydrogens is 294 g/mol. The molecule has 0 aliphatic carbocycles. The van der Waals surface area contributed by atoms with Crippen LogP contribution in [-0.4, -0.2) is 40.8 Å². The predicted molar refractivity (Wildman–Crippen MR) is 87.8 cm³/mol. The van der Waals surface area contributed by atoms with Gasteiger partial charge in [-0.3, -0.25) is 9.59 Å². The molecule has 6 heteroatoms. The van der Waals surface area contributed by atoms with Gasteiger partial charge in [-0.2, -0.15) is 5.10 Å². The van der Waals surface area contributed by atoms with Crippen molar-refractivity contribution in [1.29, 1.82) is 0 Å². The van der Waals surface area contributed by atoms with Crippen LogP contribution in [0.2, 0.25) is 0 Å². The second-order valence-corrected chi connectivity index (χ2v) is 5.58. The van der Waals surface area contributed by atoms with Gasteiger partial charge in [0.2, 0.25) is 0 Å². The lowest BCUT2D eigenvalue weighted by Gasteiger charge is -2.17. The number of rotatable bonds is 5. The SMILES string of the molecule is Cc1cc(C)cc(OCCN(C)C(=O)c2ccc(=O)n(C)n2)c1. The summed E-state index contributed by atoms with van der Waals surface area (Å²) in [5, 5.41) is 3.96. The third kappa shape index (κ3) is 4.42. The van der Waals surface area contributed by atoms with Gasteiger partial charge in [-0.1, -0.05) is 6.07 Å². The maximum atomic E-state index is 12.3. The van der Waals surface area contributed by atoms with Crippen LogP contribution in [0.15, 0.2) is 35.1 Å². The number of hydrogen-bond donors (Lipinski definition) is 0. The van der Waals surface area contributed by atoms with Gasteiger partial charge in [0.25, 0.3) is 11.5 Å². The molecule has 1 aromatic heterocycles. The summed E-state index contributed by atoms with van der Waals surface area (Å²) in [6.45, 7) is 4.84. The largest absolute Gasteiger partial charge is 0.492 e. The highest BCUT2D eigenvalue weighted by molar-refractivity contribution is 5.91. The van der Waals surface area contributed by atoms with E-state index in [9.17, 15) is 9.59 Å². The fraction of sp³-hybridized carbons (Fsp3) is 0.353. The molecule has 0 aliphatic rings. The van der Waals surface area contributed by atoms with E-state index in [4.69, 9.17) is 4.74 Å². The molecule has 0 fully saturated rings. The Morgan fingerprint density at radius 2 is 1.87 bits per heavy atom. The summed E-state index contributed by atoms with van der Waals surface area (Å²) in [7, 11) is 3.20. The fourth-order valence-electron chi connectivity index (χ4n) is 2.23. The van der Waals surface area contributed by atoms with Gasteiger partial charge in [-0.05, 0) is 43.2 Å². The lowest BCUT2D eigenvalue weighted by atomic mass is 10.1. The van der Waals surface area contributed by atoms with Crippen molar-refractivity contribution in [1.82, 2.24) is 14.7 Å². The number of amides is 1. The third-order valence-corrected chi connectivity index (χ3v) is 3.42. The molecule has 0 unspecified atom stereocenters. The van der Waals surface area contributed by atoms with Gasteiger partial charge in [0.1, 0.15) is 18.1 Å². The van der Waals surface area contributed by atoms with Crippen molar-refractivity contribution in [3.63, 3.8) is 0 Å². The Morgan fingerprint density at radius 3 is 2.48 bits per heavy atom. The zero-order valence-corrected chi connectivity index (χ0v) is 13.9. The summed E-state index contributed by atoms with van der Waals surface area (Å²) in [6, 6.07) is 8.77. The van der Waals surface area contributed by atoms with Crippen molar-refractivity contribution in [3.8, 4) is 5.75 Å². The Labute approximate surface area is 135 Å². The van der Waals surface area contributed by atoms with Crippen LogP contribution >= 0.6 is 0 Å². The molecule has 122 valence electrons. The summed E-state index contributed by atoms with van der Waals surface area (Å²) < 4.78 is 6.84. The van der Waals surface area contributed by atoms with E-state index in [1.165, 1.54) is 24.1 Å². The number of hydrogen-bond acceptors (Lipinski definition) is 4. The Bertz CT molecular complexity index is 748. The minimum Gasteiger partial charge on any atom is -0.492 e. The van der Waals surface area contributed by atoms with E-state index in [1.54, 1.807) is 7.05 Å². The first-order chi connectivity index (χ1) is 10.9. The number of ether oxygens (including phenoxy) is 1. The van der Waals surface area contributed by atoms with Crippen LogP contribution in [0.3, 0.4) is 0 Å². The summed E-state index contributed by atoms with van der Waals surface area (Å²) in [5.41, 5.74) is 2.26. The van der Waals surface area contributed by atoms with Crippen molar-refractivity contribution >= 4 is 5.91 Å². The van der Waals surface area contributed by atoms with Gasteiger partial charge in [-0.25, -0.2) is 4.68 Å². The predicted octanol–water partition coefficient (Wildman–Crippen LogP) is 1.55. The maximum absolute atomic E-state index is 12.3. The fourth-order valence-corrected chi connectivity index (χ4v) is 2.23. The quantitative estimate of drug-likeness (QED) is 0.840. The minimum absolute atomic E-state index is 0.237. The van der Waals surface area contributed by atoms with E-state index in [0.717, 1.165) is 21.6 Å². The Balaban J connectivity index is 1.93. The van der Waals surface area contributed by atoms with Crippen molar-refractivity contribution < 1.29 is 9.53 Å². The van der Waals surface area contributed by atoms with Crippen molar-refractivity contribution in [3.05, 3.63) is 57.5 Å². The Kier molecular flexibility index (Phi) is 5.16. The Hall–Kier alpha value is -2.63. The zero-order valence-electron chi connectivity index (χ0n) is 13.9. The zero-order chi connectivity index (χ0) is 17.0. The molecule has 23 heavy (non-hydrogen) atoms. The maximum Gasteiger partial charge on any atom is 0.274 e. The Morgan fingerprint density at radius 1 is 1.22 bits per heavy atom. The first kappa shape index (κ1) is 16.7. The third-order valence-electron chi connectivity index (χ3n) is 3.42. The summed E-state index contributed by atoms with van der Waals surface area (Å²) in [4.78, 5) is 25.1. The minimum atomic E-state index is -0.248. The lowest BCUT2D eigenvalue weighted by Crippen LogP contribution is -2.33. The molecule has 2 aromatic rings. The molecular formula is C17H21N3O3. The number of nitrogens with zero attached hydrogens (tertiary/aromatic N) is 3. The van der Waals surface area contributed by atoms with Gasteiger partial charge in [0.15, 0.2) is 0 Å². The number of carbonyl (C=O) groups is 1. The molecule has 6 nitrogen and oxygen atoms in total. The van der Waals surface area contributed by atoms with E-state index >= 15 is 0 Å². The lowest BCUT2D eigenvalue weighted by molar-refractivity contribution is 0.0765. The van der Waals surface area contributed by atoms with Crippen LogP contribution in [0.25, 0.3) is 0 Å². The number of likely N-dealkylation sites (N-methyl/N-ethyl adjacent to an activating group) is 1. The van der Waals surface area contributed by atoms with Crippen molar-refractivity contribution in [2.24, 2.45) is 7.05 Å². The molecule has 0 N–H and O–H groups in total. The van der Waals surface area contributed by atoms with Gasteiger partial charge in [-0.15, -0.1) is 0 Å². The summed E-state index contributed by atoms with van der Waals surface area (Å²) >= 11 is 0.